The molecule has 0 bridgehead atoms. The number of furan rings is 1. The lowest BCUT2D eigenvalue weighted by atomic mass is 9.95. The summed E-state index contributed by atoms with van der Waals surface area (Å²) in [6.45, 7) is 6.68. The molecule has 0 radical (unpaired) electrons. The molecule has 1 N–H and O–H groups in total. The average Bonchev–Trinajstić information content (AvgIpc) is 3.37. The van der Waals surface area contributed by atoms with Gasteiger partial charge < -0.3 is 29.0 Å². The third-order valence-electron chi connectivity index (χ3n) is 6.68. The second kappa shape index (κ2) is 12.7. The standard InChI is InChI=1S/C28H41N3O5/c1-28(2,3)31(27(33)29-22-10-7-6-8-11-22)20-26(32)30(19-23-12-9-17-36-23)16-15-21-13-14-24(34-4)25(18-21)35-5/h9,12-14,17-18,22H,6-8,10-11,15-16,19-20H2,1-5H3,(H,29,33). The number of urea groups is 1. The summed E-state index contributed by atoms with van der Waals surface area (Å²) < 4.78 is 16.3. The zero-order chi connectivity index (χ0) is 26.1. The monoisotopic (exact) mass is 499 g/mol. The van der Waals surface area contributed by atoms with Gasteiger partial charge in [0.2, 0.25) is 5.91 Å². The second-order valence-corrected chi connectivity index (χ2v) is 10.4. The number of carbonyl (C=O) groups is 2. The van der Waals surface area contributed by atoms with E-state index in [1.807, 2.05) is 51.1 Å². The van der Waals surface area contributed by atoms with Gasteiger partial charge in [0.05, 0.1) is 27.0 Å². The number of rotatable bonds is 10. The molecule has 36 heavy (non-hydrogen) atoms. The Morgan fingerprint density at radius 3 is 2.39 bits per heavy atom. The highest BCUT2D eigenvalue weighted by molar-refractivity contribution is 5.84. The fourth-order valence-corrected chi connectivity index (χ4v) is 4.53. The number of hydrogen-bond acceptors (Lipinski definition) is 5. The van der Waals surface area contributed by atoms with Crippen molar-refractivity contribution in [3.05, 3.63) is 47.9 Å². The van der Waals surface area contributed by atoms with Gasteiger partial charge in [-0.3, -0.25) is 4.79 Å². The van der Waals surface area contributed by atoms with Crippen molar-refractivity contribution >= 4 is 11.9 Å². The Morgan fingerprint density at radius 1 is 1.06 bits per heavy atom. The molecule has 8 heteroatoms. The van der Waals surface area contributed by atoms with Crippen LogP contribution in [-0.2, 0) is 17.8 Å². The van der Waals surface area contributed by atoms with Crippen molar-refractivity contribution < 1.29 is 23.5 Å². The molecule has 1 saturated carbocycles. The summed E-state index contributed by atoms with van der Waals surface area (Å²) in [4.78, 5) is 30.2. The van der Waals surface area contributed by atoms with E-state index in [2.05, 4.69) is 5.32 Å². The summed E-state index contributed by atoms with van der Waals surface area (Å²) >= 11 is 0. The van der Waals surface area contributed by atoms with Gasteiger partial charge in [0, 0.05) is 18.1 Å². The molecule has 3 rings (SSSR count). The maximum Gasteiger partial charge on any atom is 0.318 e. The van der Waals surface area contributed by atoms with Gasteiger partial charge in [0.15, 0.2) is 11.5 Å². The highest BCUT2D eigenvalue weighted by Gasteiger charge is 2.31. The summed E-state index contributed by atoms with van der Waals surface area (Å²) in [7, 11) is 3.21. The molecule has 1 fully saturated rings. The van der Waals surface area contributed by atoms with Crippen LogP contribution in [0.1, 0.15) is 64.2 Å². The van der Waals surface area contributed by atoms with Gasteiger partial charge in [-0.25, -0.2) is 4.79 Å². The van der Waals surface area contributed by atoms with E-state index in [4.69, 9.17) is 13.9 Å². The zero-order valence-corrected chi connectivity index (χ0v) is 22.3. The Morgan fingerprint density at radius 2 is 1.78 bits per heavy atom. The zero-order valence-electron chi connectivity index (χ0n) is 22.3. The number of nitrogens with zero attached hydrogens (tertiary/aromatic N) is 2. The summed E-state index contributed by atoms with van der Waals surface area (Å²) in [5, 5.41) is 3.17. The number of benzene rings is 1. The van der Waals surface area contributed by atoms with Gasteiger partial charge in [0.1, 0.15) is 12.3 Å². The van der Waals surface area contributed by atoms with Gasteiger partial charge in [-0.1, -0.05) is 25.3 Å². The van der Waals surface area contributed by atoms with E-state index in [-0.39, 0.29) is 24.5 Å². The smallest absolute Gasteiger partial charge is 0.318 e. The lowest BCUT2D eigenvalue weighted by Crippen LogP contribution is -2.56. The van der Waals surface area contributed by atoms with Crippen molar-refractivity contribution in [3.63, 3.8) is 0 Å². The molecular formula is C28H41N3O5. The lowest BCUT2D eigenvalue weighted by Gasteiger charge is -2.38. The van der Waals surface area contributed by atoms with E-state index in [1.54, 1.807) is 30.3 Å². The van der Waals surface area contributed by atoms with Gasteiger partial charge in [-0.05, 0) is 69.9 Å². The number of carbonyl (C=O) groups excluding carboxylic acids is 2. The molecule has 1 aromatic heterocycles. The Balaban J connectivity index is 1.72. The van der Waals surface area contributed by atoms with Gasteiger partial charge >= 0.3 is 6.03 Å². The molecule has 0 aliphatic heterocycles. The van der Waals surface area contributed by atoms with E-state index in [0.29, 0.717) is 36.8 Å². The van der Waals surface area contributed by atoms with E-state index >= 15 is 0 Å². The number of amides is 3. The molecule has 1 aromatic carbocycles. The Bertz CT molecular complexity index is 978. The first-order valence-corrected chi connectivity index (χ1v) is 12.8. The summed E-state index contributed by atoms with van der Waals surface area (Å²) in [6.07, 6.45) is 7.69. The minimum absolute atomic E-state index is 0.00526. The molecule has 1 aliphatic carbocycles. The number of ether oxygens (including phenoxy) is 2. The van der Waals surface area contributed by atoms with Crippen LogP contribution in [0.3, 0.4) is 0 Å². The molecule has 0 unspecified atom stereocenters. The largest absolute Gasteiger partial charge is 0.493 e. The van der Waals surface area contributed by atoms with Crippen LogP contribution in [0.5, 0.6) is 11.5 Å². The van der Waals surface area contributed by atoms with Crippen molar-refractivity contribution in [2.75, 3.05) is 27.3 Å². The van der Waals surface area contributed by atoms with Gasteiger partial charge in [0.25, 0.3) is 0 Å². The molecule has 1 heterocycles. The maximum absolute atomic E-state index is 13.6. The minimum atomic E-state index is -0.506. The minimum Gasteiger partial charge on any atom is -0.493 e. The van der Waals surface area contributed by atoms with Crippen molar-refractivity contribution in [3.8, 4) is 11.5 Å². The van der Waals surface area contributed by atoms with E-state index in [9.17, 15) is 9.59 Å². The van der Waals surface area contributed by atoms with Crippen LogP contribution >= 0.6 is 0 Å². The van der Waals surface area contributed by atoms with E-state index < -0.39 is 5.54 Å². The summed E-state index contributed by atoms with van der Waals surface area (Å²) in [6, 6.07) is 9.42. The number of nitrogens with one attached hydrogen (secondary N) is 1. The Kier molecular flexibility index (Phi) is 9.67. The highest BCUT2D eigenvalue weighted by Crippen LogP contribution is 2.28. The molecule has 1 aliphatic rings. The molecule has 0 atom stereocenters. The fraction of sp³-hybridized carbons (Fsp3) is 0.571. The first kappa shape index (κ1) is 27.4. The third kappa shape index (κ3) is 7.67. The number of hydrogen-bond donors (Lipinski definition) is 1. The molecule has 8 nitrogen and oxygen atoms in total. The van der Waals surface area contributed by atoms with Crippen LogP contribution in [0.15, 0.2) is 41.0 Å². The summed E-state index contributed by atoms with van der Waals surface area (Å²) in [5.41, 5.74) is 0.515. The lowest BCUT2D eigenvalue weighted by molar-refractivity contribution is -0.133. The van der Waals surface area contributed by atoms with Crippen LogP contribution < -0.4 is 14.8 Å². The SMILES string of the molecule is COc1ccc(CCN(Cc2ccco2)C(=O)CN(C(=O)NC2CCCCC2)C(C)(C)C)cc1OC. The van der Waals surface area contributed by atoms with E-state index in [0.717, 1.165) is 31.2 Å². The molecule has 2 aromatic rings. The van der Waals surface area contributed by atoms with Crippen molar-refractivity contribution in [1.29, 1.82) is 0 Å². The predicted molar refractivity (Wildman–Crippen MR) is 139 cm³/mol. The quantitative estimate of drug-likeness (QED) is 0.497. The van der Waals surface area contributed by atoms with Crippen molar-refractivity contribution in [1.82, 2.24) is 15.1 Å². The van der Waals surface area contributed by atoms with Gasteiger partial charge in [-0.15, -0.1) is 0 Å². The molecule has 0 spiro atoms. The number of methoxy groups -OCH3 is 2. The van der Waals surface area contributed by atoms with Crippen molar-refractivity contribution in [2.24, 2.45) is 0 Å². The van der Waals surface area contributed by atoms with Crippen LogP contribution in [0.2, 0.25) is 0 Å². The normalized spacial score (nSPS) is 14.2. The highest BCUT2D eigenvalue weighted by atomic mass is 16.5. The first-order valence-electron chi connectivity index (χ1n) is 12.8. The second-order valence-electron chi connectivity index (χ2n) is 10.4. The van der Waals surface area contributed by atoms with Gasteiger partial charge in [-0.2, -0.15) is 0 Å². The topological polar surface area (TPSA) is 84.2 Å². The van der Waals surface area contributed by atoms with Crippen molar-refractivity contribution in [2.45, 2.75) is 77.4 Å². The van der Waals surface area contributed by atoms with Crippen LogP contribution in [0.4, 0.5) is 4.79 Å². The molecular weight excluding hydrogens is 458 g/mol. The Hall–Kier alpha value is -3.16. The van der Waals surface area contributed by atoms with Crippen LogP contribution in [-0.4, -0.2) is 60.6 Å². The average molecular weight is 500 g/mol. The summed E-state index contributed by atoms with van der Waals surface area (Å²) in [5.74, 6) is 1.89. The molecule has 0 saturated heterocycles. The maximum atomic E-state index is 13.6. The first-order chi connectivity index (χ1) is 17.2. The predicted octanol–water partition coefficient (Wildman–Crippen LogP) is 5.01. The van der Waals surface area contributed by atoms with Crippen LogP contribution in [0, 0.1) is 0 Å². The van der Waals surface area contributed by atoms with E-state index in [1.165, 1.54) is 6.42 Å². The Labute approximate surface area is 214 Å². The fourth-order valence-electron chi connectivity index (χ4n) is 4.53. The third-order valence-corrected chi connectivity index (χ3v) is 6.68. The van der Waals surface area contributed by atoms with Crippen LogP contribution in [0.25, 0.3) is 0 Å². The molecule has 3 amide bonds. The molecule has 198 valence electrons.